The second kappa shape index (κ2) is 5.33. The van der Waals surface area contributed by atoms with E-state index in [9.17, 15) is 4.39 Å². The van der Waals surface area contributed by atoms with Crippen LogP contribution in [-0.2, 0) is 0 Å². The summed E-state index contributed by atoms with van der Waals surface area (Å²) in [5.41, 5.74) is 9.43. The molecule has 0 unspecified atom stereocenters. The average molecular weight is 271 g/mol. The van der Waals surface area contributed by atoms with Crippen LogP contribution in [0.1, 0.15) is 16.7 Å². The third-order valence-electron chi connectivity index (χ3n) is 3.22. The summed E-state index contributed by atoms with van der Waals surface area (Å²) in [5.74, 6) is -0.749. The number of nitrogens with two attached hydrogens (primary N) is 1. The minimum Gasteiger partial charge on any atom is -0.384 e. The lowest BCUT2D eigenvalue weighted by Gasteiger charge is -2.23. The lowest BCUT2D eigenvalue weighted by Crippen LogP contribution is -2.20. The molecule has 2 rings (SSSR count). The van der Waals surface area contributed by atoms with Gasteiger partial charge >= 0.3 is 0 Å². The van der Waals surface area contributed by atoms with Crippen molar-refractivity contribution in [1.29, 1.82) is 5.41 Å². The van der Waals surface area contributed by atoms with E-state index < -0.39 is 5.82 Å². The molecule has 0 aliphatic heterocycles. The van der Waals surface area contributed by atoms with Gasteiger partial charge in [0.05, 0.1) is 11.3 Å². The number of benzene rings is 2. The first-order valence-corrected chi connectivity index (χ1v) is 6.35. The molecule has 104 valence electrons. The summed E-state index contributed by atoms with van der Waals surface area (Å²) in [7, 11) is 1.84. The standard InChI is InChI=1S/C16H18FN3/c1-10-7-11(2)9-12(8-10)20(3)14-6-4-5-13(17)15(14)16(18)19/h4-9H,1-3H3,(H3,18,19). The highest BCUT2D eigenvalue weighted by Crippen LogP contribution is 2.29. The van der Waals surface area contributed by atoms with E-state index in [1.165, 1.54) is 6.07 Å². The number of halogens is 1. The van der Waals surface area contributed by atoms with E-state index in [4.69, 9.17) is 11.1 Å². The van der Waals surface area contributed by atoms with Crippen molar-refractivity contribution < 1.29 is 4.39 Å². The van der Waals surface area contributed by atoms with Crippen LogP contribution in [0.4, 0.5) is 15.8 Å². The molecular weight excluding hydrogens is 253 g/mol. The summed E-state index contributed by atoms with van der Waals surface area (Å²) < 4.78 is 13.9. The van der Waals surface area contributed by atoms with Crippen LogP contribution in [0.3, 0.4) is 0 Å². The van der Waals surface area contributed by atoms with Gasteiger partial charge in [-0.05, 0) is 49.2 Å². The minimum absolute atomic E-state index is 0.133. The second-order valence-electron chi connectivity index (χ2n) is 4.95. The van der Waals surface area contributed by atoms with Gasteiger partial charge in [-0.1, -0.05) is 12.1 Å². The van der Waals surface area contributed by atoms with Crippen LogP contribution in [0.25, 0.3) is 0 Å². The average Bonchev–Trinajstić information content (AvgIpc) is 2.35. The molecule has 0 heterocycles. The van der Waals surface area contributed by atoms with Gasteiger partial charge in [-0.2, -0.15) is 0 Å². The van der Waals surface area contributed by atoms with E-state index in [1.54, 1.807) is 12.1 Å². The zero-order valence-corrected chi connectivity index (χ0v) is 11.9. The zero-order chi connectivity index (χ0) is 14.9. The topological polar surface area (TPSA) is 53.1 Å². The Hall–Kier alpha value is -2.36. The van der Waals surface area contributed by atoms with Crippen LogP contribution in [0, 0.1) is 25.1 Å². The minimum atomic E-state index is -0.480. The summed E-state index contributed by atoms with van der Waals surface area (Å²) >= 11 is 0. The Kier molecular flexibility index (Phi) is 3.74. The first-order valence-electron chi connectivity index (χ1n) is 6.35. The Balaban J connectivity index is 2.56. The number of hydrogen-bond donors (Lipinski definition) is 2. The number of rotatable bonds is 3. The molecular formula is C16H18FN3. The SMILES string of the molecule is Cc1cc(C)cc(N(C)c2cccc(F)c2C(=N)N)c1. The first-order chi connectivity index (χ1) is 9.40. The molecule has 0 aliphatic carbocycles. The predicted molar refractivity (Wildman–Crippen MR) is 81.4 cm³/mol. The number of nitrogens with one attached hydrogen (secondary N) is 1. The van der Waals surface area contributed by atoms with Crippen LogP contribution >= 0.6 is 0 Å². The smallest absolute Gasteiger partial charge is 0.136 e. The maximum atomic E-state index is 13.9. The molecule has 0 saturated heterocycles. The lowest BCUT2D eigenvalue weighted by molar-refractivity contribution is 0.625. The number of nitrogens with zero attached hydrogens (tertiary/aromatic N) is 1. The van der Waals surface area contributed by atoms with E-state index in [2.05, 4.69) is 6.07 Å². The van der Waals surface area contributed by atoms with Crippen LogP contribution in [0.5, 0.6) is 0 Å². The van der Waals surface area contributed by atoms with Crippen molar-refractivity contribution >= 4 is 17.2 Å². The Morgan fingerprint density at radius 2 is 1.75 bits per heavy atom. The van der Waals surface area contributed by atoms with E-state index in [-0.39, 0.29) is 11.4 Å². The Morgan fingerprint density at radius 1 is 1.15 bits per heavy atom. The maximum Gasteiger partial charge on any atom is 0.136 e. The molecule has 3 N–H and O–H groups in total. The third kappa shape index (κ3) is 2.64. The van der Waals surface area contributed by atoms with Gasteiger partial charge in [-0.3, -0.25) is 5.41 Å². The predicted octanol–water partition coefficient (Wildman–Crippen LogP) is 3.49. The van der Waals surface area contributed by atoms with Crippen LogP contribution in [0.15, 0.2) is 36.4 Å². The van der Waals surface area contributed by atoms with Crippen molar-refractivity contribution in [3.63, 3.8) is 0 Å². The van der Waals surface area contributed by atoms with Crippen molar-refractivity contribution in [3.05, 3.63) is 58.9 Å². The molecule has 20 heavy (non-hydrogen) atoms. The molecule has 4 heteroatoms. The highest BCUT2D eigenvalue weighted by molar-refractivity contribution is 6.01. The largest absolute Gasteiger partial charge is 0.384 e. The monoisotopic (exact) mass is 271 g/mol. The highest BCUT2D eigenvalue weighted by atomic mass is 19.1. The molecule has 3 nitrogen and oxygen atoms in total. The number of nitrogen functional groups attached to an aromatic ring is 1. The van der Waals surface area contributed by atoms with Crippen molar-refractivity contribution in [1.82, 2.24) is 0 Å². The van der Waals surface area contributed by atoms with Gasteiger partial charge in [-0.15, -0.1) is 0 Å². The summed E-state index contributed by atoms with van der Waals surface area (Å²) in [4.78, 5) is 1.85. The summed E-state index contributed by atoms with van der Waals surface area (Å²) in [6.07, 6.45) is 0. The van der Waals surface area contributed by atoms with Gasteiger partial charge in [0, 0.05) is 12.7 Å². The molecule has 0 radical (unpaired) electrons. The fraction of sp³-hybridized carbons (Fsp3) is 0.188. The van der Waals surface area contributed by atoms with Crippen LogP contribution < -0.4 is 10.6 Å². The molecule has 2 aromatic rings. The molecule has 0 atom stereocenters. The Labute approximate surface area is 118 Å². The maximum absolute atomic E-state index is 13.9. The third-order valence-corrected chi connectivity index (χ3v) is 3.22. The van der Waals surface area contributed by atoms with Crippen LogP contribution in [0.2, 0.25) is 0 Å². The molecule has 0 spiro atoms. The highest BCUT2D eigenvalue weighted by Gasteiger charge is 2.15. The van der Waals surface area contributed by atoms with Crippen molar-refractivity contribution in [2.75, 3.05) is 11.9 Å². The molecule has 0 fully saturated rings. The van der Waals surface area contributed by atoms with Gasteiger partial charge < -0.3 is 10.6 Å². The Bertz CT molecular complexity index is 645. The van der Waals surface area contributed by atoms with Crippen LogP contribution in [-0.4, -0.2) is 12.9 Å². The lowest BCUT2D eigenvalue weighted by atomic mass is 10.1. The van der Waals surface area contributed by atoms with Crippen molar-refractivity contribution in [2.45, 2.75) is 13.8 Å². The van der Waals surface area contributed by atoms with Gasteiger partial charge in [0.1, 0.15) is 11.7 Å². The van der Waals surface area contributed by atoms with Gasteiger partial charge in [0.25, 0.3) is 0 Å². The molecule has 2 aromatic carbocycles. The normalized spacial score (nSPS) is 10.4. The molecule has 0 saturated carbocycles. The first kappa shape index (κ1) is 14.1. The molecule has 0 aliphatic rings. The summed E-state index contributed by atoms with van der Waals surface area (Å²) in [6.45, 7) is 4.03. The molecule has 0 bridgehead atoms. The Morgan fingerprint density at radius 3 is 2.30 bits per heavy atom. The van der Waals surface area contributed by atoms with Gasteiger partial charge in [0.2, 0.25) is 0 Å². The van der Waals surface area contributed by atoms with E-state index in [1.807, 2.05) is 37.9 Å². The fourth-order valence-corrected chi connectivity index (χ4v) is 2.34. The fourth-order valence-electron chi connectivity index (χ4n) is 2.34. The van der Waals surface area contributed by atoms with Crippen molar-refractivity contribution in [3.8, 4) is 0 Å². The molecule has 0 amide bonds. The quantitative estimate of drug-likeness (QED) is 0.663. The summed E-state index contributed by atoms with van der Waals surface area (Å²) in [6, 6.07) is 10.8. The summed E-state index contributed by atoms with van der Waals surface area (Å²) in [5, 5.41) is 7.57. The second-order valence-corrected chi connectivity index (χ2v) is 4.95. The number of hydrogen-bond acceptors (Lipinski definition) is 2. The molecule has 0 aromatic heterocycles. The number of aryl methyl sites for hydroxylation is 2. The van der Waals surface area contributed by atoms with Gasteiger partial charge in [-0.25, -0.2) is 4.39 Å². The zero-order valence-electron chi connectivity index (χ0n) is 11.9. The number of amidine groups is 1. The van der Waals surface area contributed by atoms with Gasteiger partial charge in [0.15, 0.2) is 0 Å². The van der Waals surface area contributed by atoms with E-state index in [0.717, 1.165) is 16.8 Å². The van der Waals surface area contributed by atoms with E-state index in [0.29, 0.717) is 5.69 Å². The van der Waals surface area contributed by atoms with Crippen molar-refractivity contribution in [2.24, 2.45) is 5.73 Å². The van der Waals surface area contributed by atoms with E-state index >= 15 is 0 Å². The number of anilines is 2.